The van der Waals surface area contributed by atoms with Gasteiger partial charge >= 0.3 is 0 Å². The first-order valence-corrected chi connectivity index (χ1v) is 8.39. The van der Waals surface area contributed by atoms with Crippen LogP contribution in [0.25, 0.3) is 0 Å². The van der Waals surface area contributed by atoms with Crippen LogP contribution < -0.4 is 5.32 Å². The highest BCUT2D eigenvalue weighted by Gasteiger charge is 2.22. The third-order valence-corrected chi connectivity index (χ3v) is 4.79. The topological polar surface area (TPSA) is 12.0 Å². The van der Waals surface area contributed by atoms with Crippen LogP contribution in [0.15, 0.2) is 29.2 Å². The van der Waals surface area contributed by atoms with Crippen LogP contribution in [0, 0.1) is 11.7 Å². The minimum Gasteiger partial charge on any atom is -0.313 e. The highest BCUT2D eigenvalue weighted by atomic mass is 32.2. The molecule has 1 aromatic rings. The second-order valence-electron chi connectivity index (χ2n) is 5.41. The highest BCUT2D eigenvalue weighted by Crippen LogP contribution is 2.34. The number of benzene rings is 1. The SMILES string of the molecule is CCCNC(CCC1CC1)CSc1ccccc1F. The molecule has 0 aliphatic heterocycles. The van der Waals surface area contributed by atoms with Crippen molar-refractivity contribution in [2.75, 3.05) is 12.3 Å². The average molecular weight is 281 g/mol. The summed E-state index contributed by atoms with van der Waals surface area (Å²) >= 11 is 1.64. The molecule has 1 unspecified atom stereocenters. The molecular weight excluding hydrogens is 257 g/mol. The highest BCUT2D eigenvalue weighted by molar-refractivity contribution is 7.99. The molecule has 1 atom stereocenters. The molecule has 1 aromatic carbocycles. The van der Waals surface area contributed by atoms with Crippen LogP contribution >= 0.6 is 11.8 Å². The van der Waals surface area contributed by atoms with Crippen LogP contribution in [-0.4, -0.2) is 18.3 Å². The predicted octanol–water partition coefficient (Wildman–Crippen LogP) is 4.48. The molecule has 1 saturated carbocycles. The fourth-order valence-electron chi connectivity index (χ4n) is 2.19. The van der Waals surface area contributed by atoms with E-state index in [2.05, 4.69) is 12.2 Å². The summed E-state index contributed by atoms with van der Waals surface area (Å²) in [5, 5.41) is 3.60. The van der Waals surface area contributed by atoms with Gasteiger partial charge < -0.3 is 5.32 Å². The van der Waals surface area contributed by atoms with Crippen molar-refractivity contribution >= 4 is 11.8 Å². The van der Waals surface area contributed by atoms with E-state index in [4.69, 9.17) is 0 Å². The maximum absolute atomic E-state index is 13.6. The van der Waals surface area contributed by atoms with Crippen molar-refractivity contribution in [3.8, 4) is 0 Å². The molecule has 19 heavy (non-hydrogen) atoms. The van der Waals surface area contributed by atoms with Gasteiger partial charge in [-0.25, -0.2) is 4.39 Å². The molecule has 1 aliphatic carbocycles. The van der Waals surface area contributed by atoms with Gasteiger partial charge in [0.15, 0.2) is 0 Å². The molecule has 1 fully saturated rings. The Bertz CT molecular complexity index is 379. The molecule has 1 N–H and O–H groups in total. The van der Waals surface area contributed by atoms with E-state index in [0.29, 0.717) is 6.04 Å². The van der Waals surface area contributed by atoms with Crippen molar-refractivity contribution in [1.82, 2.24) is 5.32 Å². The predicted molar refractivity (Wildman–Crippen MR) is 81.2 cm³/mol. The lowest BCUT2D eigenvalue weighted by molar-refractivity contribution is 0.488. The zero-order chi connectivity index (χ0) is 13.5. The molecule has 1 nitrogen and oxygen atoms in total. The molecule has 0 heterocycles. The van der Waals surface area contributed by atoms with E-state index < -0.39 is 0 Å². The quantitative estimate of drug-likeness (QED) is 0.670. The molecule has 0 radical (unpaired) electrons. The van der Waals surface area contributed by atoms with Gasteiger partial charge in [0.2, 0.25) is 0 Å². The smallest absolute Gasteiger partial charge is 0.136 e. The molecule has 3 heteroatoms. The fourth-order valence-corrected chi connectivity index (χ4v) is 3.23. The van der Waals surface area contributed by atoms with Gasteiger partial charge in [0.25, 0.3) is 0 Å². The molecule has 2 rings (SSSR count). The number of nitrogens with one attached hydrogen (secondary N) is 1. The average Bonchev–Trinajstić information content (AvgIpc) is 3.24. The van der Waals surface area contributed by atoms with Crippen LogP contribution in [0.4, 0.5) is 4.39 Å². The zero-order valence-electron chi connectivity index (χ0n) is 11.7. The van der Waals surface area contributed by atoms with Crippen LogP contribution in [0.1, 0.15) is 39.0 Å². The molecule has 0 amide bonds. The summed E-state index contributed by atoms with van der Waals surface area (Å²) in [6.45, 7) is 3.25. The van der Waals surface area contributed by atoms with E-state index >= 15 is 0 Å². The summed E-state index contributed by atoms with van der Waals surface area (Å²) < 4.78 is 13.6. The summed E-state index contributed by atoms with van der Waals surface area (Å²) in [7, 11) is 0. The van der Waals surface area contributed by atoms with Crippen molar-refractivity contribution in [2.45, 2.75) is 50.0 Å². The first kappa shape index (κ1) is 14.9. The van der Waals surface area contributed by atoms with E-state index in [1.165, 1.54) is 25.7 Å². The van der Waals surface area contributed by atoms with E-state index in [0.717, 1.165) is 29.5 Å². The molecule has 0 bridgehead atoms. The third-order valence-electron chi connectivity index (χ3n) is 3.58. The summed E-state index contributed by atoms with van der Waals surface area (Å²) in [6, 6.07) is 7.59. The van der Waals surface area contributed by atoms with E-state index in [1.807, 2.05) is 12.1 Å². The summed E-state index contributed by atoms with van der Waals surface area (Å²) in [6.07, 6.45) is 6.55. The maximum atomic E-state index is 13.6. The van der Waals surface area contributed by atoms with Crippen molar-refractivity contribution < 1.29 is 4.39 Å². The van der Waals surface area contributed by atoms with Crippen LogP contribution in [0.2, 0.25) is 0 Å². The Kier molecular flexibility index (Phi) is 6.18. The van der Waals surface area contributed by atoms with Crippen molar-refractivity contribution in [1.29, 1.82) is 0 Å². The Balaban J connectivity index is 1.78. The zero-order valence-corrected chi connectivity index (χ0v) is 12.5. The second kappa shape index (κ2) is 7.91. The van der Waals surface area contributed by atoms with Crippen molar-refractivity contribution in [3.63, 3.8) is 0 Å². The Morgan fingerprint density at radius 2 is 2.16 bits per heavy atom. The minimum absolute atomic E-state index is 0.0936. The number of thioether (sulfide) groups is 1. The summed E-state index contributed by atoms with van der Waals surface area (Å²) in [5.74, 6) is 1.85. The van der Waals surface area contributed by atoms with Crippen molar-refractivity contribution in [3.05, 3.63) is 30.1 Å². The largest absolute Gasteiger partial charge is 0.313 e. The van der Waals surface area contributed by atoms with Gasteiger partial charge in [-0.15, -0.1) is 11.8 Å². The molecule has 0 aromatic heterocycles. The minimum atomic E-state index is -0.0936. The lowest BCUT2D eigenvalue weighted by Crippen LogP contribution is -2.32. The first-order chi connectivity index (χ1) is 9.29. The number of hydrogen-bond donors (Lipinski definition) is 1. The van der Waals surface area contributed by atoms with E-state index in [1.54, 1.807) is 23.9 Å². The van der Waals surface area contributed by atoms with Gasteiger partial charge in [0.1, 0.15) is 5.82 Å². The van der Waals surface area contributed by atoms with Gasteiger partial charge in [-0.05, 0) is 43.9 Å². The number of hydrogen-bond acceptors (Lipinski definition) is 2. The van der Waals surface area contributed by atoms with Crippen LogP contribution in [0.3, 0.4) is 0 Å². The molecular formula is C16H24FNS. The Morgan fingerprint density at radius 1 is 1.37 bits per heavy atom. The van der Waals surface area contributed by atoms with Gasteiger partial charge in [-0.2, -0.15) is 0 Å². The van der Waals surface area contributed by atoms with Gasteiger partial charge in [0, 0.05) is 16.7 Å². The molecule has 1 aliphatic rings. The molecule has 0 saturated heterocycles. The normalized spacial score (nSPS) is 16.5. The van der Waals surface area contributed by atoms with Gasteiger partial charge in [0.05, 0.1) is 0 Å². The first-order valence-electron chi connectivity index (χ1n) is 7.40. The molecule has 106 valence electrons. The van der Waals surface area contributed by atoms with Gasteiger partial charge in [-0.3, -0.25) is 0 Å². The van der Waals surface area contributed by atoms with Crippen LogP contribution in [0.5, 0.6) is 0 Å². The monoisotopic (exact) mass is 281 g/mol. The lowest BCUT2D eigenvalue weighted by Gasteiger charge is -2.18. The maximum Gasteiger partial charge on any atom is 0.136 e. The van der Waals surface area contributed by atoms with Crippen LogP contribution in [-0.2, 0) is 0 Å². The molecule has 0 spiro atoms. The standard InChI is InChI=1S/C16H24FNS/c1-2-11-18-14(10-9-13-7-8-13)12-19-16-6-4-3-5-15(16)17/h3-6,13-14,18H,2,7-12H2,1H3. The fraction of sp³-hybridized carbons (Fsp3) is 0.625. The third kappa shape index (κ3) is 5.53. The lowest BCUT2D eigenvalue weighted by atomic mass is 10.1. The van der Waals surface area contributed by atoms with E-state index in [-0.39, 0.29) is 5.82 Å². The number of rotatable bonds is 9. The summed E-state index contributed by atoms with van der Waals surface area (Å²) in [5.41, 5.74) is 0. The Hall–Kier alpha value is -0.540. The Morgan fingerprint density at radius 3 is 2.84 bits per heavy atom. The summed E-state index contributed by atoms with van der Waals surface area (Å²) in [4.78, 5) is 0.775. The van der Waals surface area contributed by atoms with E-state index in [9.17, 15) is 4.39 Å². The number of halogens is 1. The Labute approximate surface area is 120 Å². The van der Waals surface area contributed by atoms with Gasteiger partial charge in [-0.1, -0.05) is 31.9 Å². The van der Waals surface area contributed by atoms with Crippen molar-refractivity contribution in [2.24, 2.45) is 5.92 Å². The second-order valence-corrected chi connectivity index (χ2v) is 6.48.